The fourth-order valence-corrected chi connectivity index (χ4v) is 0.944. The van der Waals surface area contributed by atoms with Crippen LogP contribution in [-0.2, 0) is 7.05 Å². The van der Waals surface area contributed by atoms with Crippen LogP contribution in [0.4, 0.5) is 0 Å². The lowest BCUT2D eigenvalue weighted by atomic mass is 10.2. The fourth-order valence-electron chi connectivity index (χ4n) is 0.944. The van der Waals surface area contributed by atoms with Crippen molar-refractivity contribution in [3.63, 3.8) is 0 Å². The third kappa shape index (κ3) is 6.42. The zero-order valence-electron chi connectivity index (χ0n) is 11.2. The van der Waals surface area contributed by atoms with Crippen LogP contribution < -0.4 is 11.2 Å². The number of aromatic nitrogens is 3. The maximum absolute atomic E-state index is 10.5. The lowest BCUT2D eigenvalue weighted by Gasteiger charge is -1.88. The molecule has 0 aliphatic carbocycles. The molecule has 0 atom stereocenters. The minimum atomic E-state index is -0.498. The van der Waals surface area contributed by atoms with Gasteiger partial charge in [-0.05, 0) is 6.92 Å². The van der Waals surface area contributed by atoms with E-state index in [1.165, 1.54) is 12.6 Å². The van der Waals surface area contributed by atoms with Gasteiger partial charge in [-0.25, -0.2) is 9.48 Å². The van der Waals surface area contributed by atoms with Gasteiger partial charge < -0.3 is 0 Å². The summed E-state index contributed by atoms with van der Waals surface area (Å²) >= 11 is 0. The van der Waals surface area contributed by atoms with E-state index < -0.39 is 11.2 Å². The summed E-state index contributed by atoms with van der Waals surface area (Å²) in [4.78, 5) is 22.8. The molecule has 0 unspecified atom stereocenters. The van der Waals surface area contributed by atoms with E-state index in [1.807, 2.05) is 37.0 Å². The average Bonchev–Trinajstić information content (AvgIpc) is 2.38. The number of hydrogen-bond acceptors (Lipinski definition) is 3. The molecule has 0 bridgehead atoms. The lowest BCUT2D eigenvalue weighted by Crippen LogP contribution is -2.29. The van der Waals surface area contributed by atoms with Gasteiger partial charge in [-0.2, -0.15) is 5.10 Å². The number of rotatable bonds is 0. The van der Waals surface area contributed by atoms with Gasteiger partial charge in [0, 0.05) is 7.05 Å². The van der Waals surface area contributed by atoms with E-state index in [9.17, 15) is 9.59 Å². The van der Waals surface area contributed by atoms with E-state index >= 15 is 0 Å². The Bertz CT molecular complexity index is 544. The third-order valence-electron chi connectivity index (χ3n) is 1.81. The second-order valence-electron chi connectivity index (χ2n) is 3.22. The quantitative estimate of drug-likeness (QED) is 0.769. The van der Waals surface area contributed by atoms with Crippen LogP contribution in [0.1, 0.15) is 19.4 Å². The molecular weight excluding hydrogens is 230 g/mol. The molecule has 0 radical (unpaired) electrons. The SMILES string of the molecule is CC.Cc1ccccc1.Cn1ncc(=O)[nH]c1=O. The van der Waals surface area contributed by atoms with Crippen molar-refractivity contribution in [2.24, 2.45) is 7.05 Å². The normalized spacial score (nSPS) is 8.44. The Labute approximate surface area is 106 Å². The molecule has 98 valence electrons. The molecule has 0 aliphatic rings. The maximum atomic E-state index is 10.5. The molecule has 5 nitrogen and oxygen atoms in total. The Morgan fingerprint density at radius 2 is 1.67 bits per heavy atom. The van der Waals surface area contributed by atoms with Gasteiger partial charge in [-0.1, -0.05) is 49.7 Å². The van der Waals surface area contributed by atoms with Crippen LogP contribution in [0.25, 0.3) is 0 Å². The molecule has 1 aromatic carbocycles. The number of nitrogens with one attached hydrogen (secondary N) is 1. The van der Waals surface area contributed by atoms with Gasteiger partial charge in [-0.15, -0.1) is 0 Å². The predicted octanol–water partition coefficient (Wildman–Crippen LogP) is 1.49. The van der Waals surface area contributed by atoms with Crippen molar-refractivity contribution >= 4 is 0 Å². The lowest BCUT2D eigenvalue weighted by molar-refractivity contribution is 0.665. The highest BCUT2D eigenvalue weighted by Gasteiger charge is 1.87. The highest BCUT2D eigenvalue weighted by atomic mass is 16.2. The van der Waals surface area contributed by atoms with Crippen molar-refractivity contribution in [1.82, 2.24) is 14.8 Å². The first-order valence-corrected chi connectivity index (χ1v) is 5.74. The largest absolute Gasteiger partial charge is 0.344 e. The predicted molar refractivity (Wildman–Crippen MR) is 72.6 cm³/mol. The molecule has 1 heterocycles. The van der Waals surface area contributed by atoms with E-state index in [2.05, 4.69) is 24.2 Å². The summed E-state index contributed by atoms with van der Waals surface area (Å²) in [5.74, 6) is 0. The van der Waals surface area contributed by atoms with E-state index in [1.54, 1.807) is 0 Å². The van der Waals surface area contributed by atoms with Crippen LogP contribution >= 0.6 is 0 Å². The summed E-state index contributed by atoms with van der Waals surface area (Å²) in [5.41, 5.74) is 0.350. The molecule has 2 rings (SSSR count). The highest BCUT2D eigenvalue weighted by molar-refractivity contribution is 5.11. The van der Waals surface area contributed by atoms with Crippen LogP contribution in [0.3, 0.4) is 0 Å². The van der Waals surface area contributed by atoms with Crippen LogP contribution in [0.15, 0.2) is 46.1 Å². The van der Waals surface area contributed by atoms with E-state index in [-0.39, 0.29) is 0 Å². The molecule has 0 spiro atoms. The first kappa shape index (κ1) is 15.8. The molecule has 0 saturated heterocycles. The molecule has 0 amide bonds. The summed E-state index contributed by atoms with van der Waals surface area (Å²) in [6.07, 6.45) is 1.04. The van der Waals surface area contributed by atoms with Crippen molar-refractivity contribution in [3.05, 3.63) is 62.9 Å². The monoisotopic (exact) mass is 249 g/mol. The Kier molecular flexibility index (Phi) is 7.85. The van der Waals surface area contributed by atoms with Crippen LogP contribution in [0.5, 0.6) is 0 Å². The summed E-state index contributed by atoms with van der Waals surface area (Å²) in [6, 6.07) is 10.3. The van der Waals surface area contributed by atoms with Gasteiger partial charge in [0.25, 0.3) is 5.56 Å². The summed E-state index contributed by atoms with van der Waals surface area (Å²) in [7, 11) is 1.46. The van der Waals surface area contributed by atoms with Gasteiger partial charge in [0.2, 0.25) is 0 Å². The molecule has 18 heavy (non-hydrogen) atoms. The van der Waals surface area contributed by atoms with Crippen molar-refractivity contribution in [3.8, 4) is 0 Å². The summed E-state index contributed by atoms with van der Waals surface area (Å²) < 4.78 is 1.04. The minimum absolute atomic E-state index is 0.474. The molecule has 0 aliphatic heterocycles. The van der Waals surface area contributed by atoms with Crippen molar-refractivity contribution in [2.45, 2.75) is 20.8 Å². The fraction of sp³-hybridized carbons (Fsp3) is 0.308. The second-order valence-corrected chi connectivity index (χ2v) is 3.22. The van der Waals surface area contributed by atoms with Crippen molar-refractivity contribution < 1.29 is 0 Å². The molecule has 0 saturated carbocycles. The van der Waals surface area contributed by atoms with Crippen LogP contribution in [-0.4, -0.2) is 14.8 Å². The maximum Gasteiger partial charge on any atom is 0.344 e. The van der Waals surface area contributed by atoms with Gasteiger partial charge >= 0.3 is 5.69 Å². The van der Waals surface area contributed by atoms with E-state index in [4.69, 9.17) is 0 Å². The molecule has 1 aromatic heterocycles. The Morgan fingerprint density at radius 3 is 2.00 bits per heavy atom. The standard InChI is InChI=1S/C7H8.C4H5N3O2.C2H6/c1-7-5-3-2-4-6-7;1-7-4(9)6-3(8)2-5-7;1-2/h2-6H,1H3;2H,1H3,(H,6,8,9);1-2H3. The van der Waals surface area contributed by atoms with E-state index in [0.717, 1.165) is 10.9 Å². The Hall–Kier alpha value is -2.17. The number of nitrogens with zero attached hydrogens (tertiary/aromatic N) is 2. The van der Waals surface area contributed by atoms with Gasteiger partial charge in [0.15, 0.2) is 0 Å². The Morgan fingerprint density at radius 1 is 1.11 bits per heavy atom. The minimum Gasteiger partial charge on any atom is -0.271 e. The topological polar surface area (TPSA) is 67.8 Å². The number of hydrogen-bond donors (Lipinski definition) is 1. The van der Waals surface area contributed by atoms with Gasteiger partial charge in [0.05, 0.1) is 0 Å². The Balaban J connectivity index is 0.000000289. The zero-order chi connectivity index (χ0) is 14.0. The van der Waals surface area contributed by atoms with Crippen molar-refractivity contribution in [1.29, 1.82) is 0 Å². The van der Waals surface area contributed by atoms with Gasteiger partial charge in [-0.3, -0.25) is 9.78 Å². The molecule has 2 aromatic rings. The molecule has 5 heteroatoms. The zero-order valence-corrected chi connectivity index (χ0v) is 11.2. The number of H-pyrrole nitrogens is 1. The summed E-state index contributed by atoms with van der Waals surface area (Å²) in [5, 5.41) is 3.44. The van der Waals surface area contributed by atoms with Crippen molar-refractivity contribution in [2.75, 3.05) is 0 Å². The van der Waals surface area contributed by atoms with E-state index in [0.29, 0.717) is 0 Å². The molecule has 0 fully saturated rings. The van der Waals surface area contributed by atoms with Crippen LogP contribution in [0.2, 0.25) is 0 Å². The van der Waals surface area contributed by atoms with Gasteiger partial charge in [0.1, 0.15) is 6.20 Å². The third-order valence-corrected chi connectivity index (χ3v) is 1.81. The first-order valence-electron chi connectivity index (χ1n) is 5.74. The average molecular weight is 249 g/mol. The summed E-state index contributed by atoms with van der Waals surface area (Å²) in [6.45, 7) is 6.08. The number of benzene rings is 1. The molecular formula is C13H19N3O2. The van der Waals surface area contributed by atoms with Crippen LogP contribution in [0, 0.1) is 6.92 Å². The molecule has 1 N–H and O–H groups in total. The smallest absolute Gasteiger partial charge is 0.271 e. The number of aryl methyl sites for hydroxylation is 2. The first-order chi connectivity index (χ1) is 8.59. The number of aromatic amines is 1. The highest BCUT2D eigenvalue weighted by Crippen LogP contribution is 1.92. The second kappa shape index (κ2) is 8.92.